The highest BCUT2D eigenvalue weighted by Gasteiger charge is 2.38. The minimum atomic E-state index is -0.745. The summed E-state index contributed by atoms with van der Waals surface area (Å²) in [4.78, 5) is 23.9. The standard InChI is InChI=1S/C15H20N2O4/c1-11(12-4-3-5-13(10-12)17(20)21)16-8-6-15(2,7-9-16)14(18)19/h3-5,10-11H,6-9H2,1-2H3,(H,18,19). The summed E-state index contributed by atoms with van der Waals surface area (Å²) >= 11 is 0. The summed E-state index contributed by atoms with van der Waals surface area (Å²) in [6, 6.07) is 6.69. The molecular formula is C15H20N2O4. The Balaban J connectivity index is 2.08. The first-order chi connectivity index (χ1) is 9.83. The molecule has 1 saturated heterocycles. The summed E-state index contributed by atoms with van der Waals surface area (Å²) in [7, 11) is 0. The minimum absolute atomic E-state index is 0.0447. The Hall–Kier alpha value is -1.95. The summed E-state index contributed by atoms with van der Waals surface area (Å²) in [6.07, 6.45) is 1.20. The van der Waals surface area contributed by atoms with Crippen LogP contribution in [0.1, 0.15) is 38.3 Å². The zero-order chi connectivity index (χ0) is 15.6. The molecule has 0 aliphatic carbocycles. The molecule has 0 aromatic heterocycles. The molecule has 6 heteroatoms. The molecule has 1 aliphatic rings. The number of non-ortho nitro benzene ring substituents is 1. The maximum atomic E-state index is 11.2. The van der Waals surface area contributed by atoms with E-state index in [1.165, 1.54) is 6.07 Å². The zero-order valence-electron chi connectivity index (χ0n) is 12.3. The van der Waals surface area contributed by atoms with Gasteiger partial charge in [-0.05, 0) is 45.3 Å². The fraction of sp³-hybridized carbons (Fsp3) is 0.533. The van der Waals surface area contributed by atoms with Gasteiger partial charge in [-0.2, -0.15) is 0 Å². The normalized spacial score (nSPS) is 19.9. The number of carboxylic acid groups (broad SMARTS) is 1. The number of nitrogens with zero attached hydrogens (tertiary/aromatic N) is 2. The van der Waals surface area contributed by atoms with E-state index in [9.17, 15) is 20.0 Å². The molecule has 0 spiro atoms. The van der Waals surface area contributed by atoms with Crippen LogP contribution in [0.5, 0.6) is 0 Å². The van der Waals surface area contributed by atoms with Crippen molar-refractivity contribution in [2.24, 2.45) is 5.41 Å². The van der Waals surface area contributed by atoms with Gasteiger partial charge in [-0.3, -0.25) is 19.8 Å². The summed E-state index contributed by atoms with van der Waals surface area (Å²) in [5.74, 6) is -0.745. The largest absolute Gasteiger partial charge is 0.481 e. The Bertz CT molecular complexity index is 550. The zero-order valence-corrected chi connectivity index (χ0v) is 12.3. The second kappa shape index (κ2) is 5.81. The third-order valence-electron chi connectivity index (χ3n) is 4.53. The predicted molar refractivity (Wildman–Crippen MR) is 78.1 cm³/mol. The van der Waals surface area contributed by atoms with E-state index in [-0.39, 0.29) is 11.7 Å². The smallest absolute Gasteiger partial charge is 0.309 e. The monoisotopic (exact) mass is 292 g/mol. The average Bonchev–Trinajstić information content (AvgIpc) is 2.47. The van der Waals surface area contributed by atoms with Crippen LogP contribution in [0.15, 0.2) is 24.3 Å². The molecule has 1 unspecified atom stereocenters. The van der Waals surface area contributed by atoms with Crippen LogP contribution >= 0.6 is 0 Å². The maximum absolute atomic E-state index is 11.2. The van der Waals surface area contributed by atoms with Gasteiger partial charge in [0, 0.05) is 18.2 Å². The Morgan fingerprint density at radius 2 is 2.05 bits per heavy atom. The number of likely N-dealkylation sites (tertiary alicyclic amines) is 1. The average molecular weight is 292 g/mol. The Morgan fingerprint density at radius 1 is 1.43 bits per heavy atom. The van der Waals surface area contributed by atoms with Gasteiger partial charge in [0.2, 0.25) is 0 Å². The van der Waals surface area contributed by atoms with Crippen molar-refractivity contribution in [1.82, 2.24) is 4.90 Å². The lowest BCUT2D eigenvalue weighted by Gasteiger charge is -2.39. The molecule has 1 aromatic rings. The van der Waals surface area contributed by atoms with Gasteiger partial charge in [-0.25, -0.2) is 0 Å². The Morgan fingerprint density at radius 3 is 2.57 bits per heavy atom. The van der Waals surface area contributed by atoms with Gasteiger partial charge in [0.15, 0.2) is 0 Å². The molecule has 1 aliphatic heterocycles. The highest BCUT2D eigenvalue weighted by molar-refractivity contribution is 5.74. The lowest BCUT2D eigenvalue weighted by molar-refractivity contribution is -0.385. The number of hydrogen-bond donors (Lipinski definition) is 1. The minimum Gasteiger partial charge on any atom is -0.481 e. The molecule has 2 rings (SSSR count). The molecule has 1 atom stereocenters. The molecule has 0 amide bonds. The lowest BCUT2D eigenvalue weighted by atomic mass is 9.80. The van der Waals surface area contributed by atoms with Crippen molar-refractivity contribution in [2.45, 2.75) is 32.7 Å². The fourth-order valence-corrected chi connectivity index (χ4v) is 2.73. The van der Waals surface area contributed by atoms with Crippen LogP contribution < -0.4 is 0 Å². The van der Waals surface area contributed by atoms with Gasteiger partial charge < -0.3 is 5.11 Å². The van der Waals surface area contributed by atoms with E-state index in [0.29, 0.717) is 25.9 Å². The molecule has 0 bridgehead atoms. The van der Waals surface area contributed by atoms with Crippen LogP contribution in [-0.4, -0.2) is 34.0 Å². The van der Waals surface area contributed by atoms with E-state index < -0.39 is 16.3 Å². The van der Waals surface area contributed by atoms with Gasteiger partial charge >= 0.3 is 5.97 Å². The SMILES string of the molecule is CC(c1cccc([N+](=O)[O-])c1)N1CCC(C)(C(=O)O)CC1. The molecule has 1 N–H and O–H groups in total. The third kappa shape index (κ3) is 3.21. The third-order valence-corrected chi connectivity index (χ3v) is 4.53. The quantitative estimate of drug-likeness (QED) is 0.681. The molecule has 1 heterocycles. The fourth-order valence-electron chi connectivity index (χ4n) is 2.73. The number of carboxylic acids is 1. The summed E-state index contributed by atoms with van der Waals surface area (Å²) < 4.78 is 0. The number of rotatable bonds is 4. The van der Waals surface area contributed by atoms with Gasteiger partial charge in [-0.15, -0.1) is 0 Å². The predicted octanol–water partition coefficient (Wildman–Crippen LogP) is 2.84. The van der Waals surface area contributed by atoms with Crippen molar-refractivity contribution in [3.63, 3.8) is 0 Å². The van der Waals surface area contributed by atoms with Crippen LogP contribution in [0.3, 0.4) is 0 Å². The number of carbonyl (C=O) groups is 1. The maximum Gasteiger partial charge on any atom is 0.309 e. The number of benzene rings is 1. The van der Waals surface area contributed by atoms with Crippen molar-refractivity contribution >= 4 is 11.7 Å². The van der Waals surface area contributed by atoms with Gasteiger partial charge in [0.05, 0.1) is 10.3 Å². The van der Waals surface area contributed by atoms with Gasteiger partial charge in [0.1, 0.15) is 0 Å². The number of aliphatic carboxylic acids is 1. The van der Waals surface area contributed by atoms with E-state index >= 15 is 0 Å². The number of hydrogen-bond acceptors (Lipinski definition) is 4. The first-order valence-electron chi connectivity index (χ1n) is 7.05. The van der Waals surface area contributed by atoms with Crippen LogP contribution in [0.4, 0.5) is 5.69 Å². The molecular weight excluding hydrogens is 272 g/mol. The molecule has 0 radical (unpaired) electrons. The van der Waals surface area contributed by atoms with Crippen LogP contribution in [0, 0.1) is 15.5 Å². The summed E-state index contributed by atoms with van der Waals surface area (Å²) in [5.41, 5.74) is 0.327. The molecule has 1 fully saturated rings. The second-order valence-corrected chi connectivity index (χ2v) is 5.93. The van der Waals surface area contributed by atoms with Gasteiger partial charge in [0.25, 0.3) is 5.69 Å². The highest BCUT2D eigenvalue weighted by Crippen LogP contribution is 2.35. The molecule has 114 valence electrons. The number of piperidine rings is 1. The molecule has 0 saturated carbocycles. The van der Waals surface area contributed by atoms with Gasteiger partial charge in [-0.1, -0.05) is 12.1 Å². The Kier molecular flexibility index (Phi) is 4.27. The van der Waals surface area contributed by atoms with Crippen molar-refractivity contribution in [2.75, 3.05) is 13.1 Å². The molecule has 1 aromatic carbocycles. The van der Waals surface area contributed by atoms with E-state index in [1.807, 2.05) is 13.0 Å². The number of nitro benzene ring substituents is 1. The van der Waals surface area contributed by atoms with Crippen LogP contribution in [-0.2, 0) is 4.79 Å². The molecule has 21 heavy (non-hydrogen) atoms. The summed E-state index contributed by atoms with van der Waals surface area (Å²) in [6.45, 7) is 5.16. The second-order valence-electron chi connectivity index (χ2n) is 5.93. The van der Waals surface area contributed by atoms with E-state index in [0.717, 1.165) is 5.56 Å². The molecule has 6 nitrogen and oxygen atoms in total. The highest BCUT2D eigenvalue weighted by atomic mass is 16.6. The van der Waals surface area contributed by atoms with Crippen LogP contribution in [0.2, 0.25) is 0 Å². The topological polar surface area (TPSA) is 83.7 Å². The van der Waals surface area contributed by atoms with Crippen molar-refractivity contribution < 1.29 is 14.8 Å². The van der Waals surface area contributed by atoms with E-state index in [2.05, 4.69) is 4.90 Å². The van der Waals surface area contributed by atoms with Crippen molar-refractivity contribution in [3.05, 3.63) is 39.9 Å². The first-order valence-corrected chi connectivity index (χ1v) is 7.05. The lowest BCUT2D eigenvalue weighted by Crippen LogP contribution is -2.43. The van der Waals surface area contributed by atoms with Crippen molar-refractivity contribution in [3.8, 4) is 0 Å². The Labute approximate surface area is 123 Å². The van der Waals surface area contributed by atoms with E-state index in [4.69, 9.17) is 0 Å². The summed E-state index contributed by atoms with van der Waals surface area (Å²) in [5, 5.41) is 20.1. The van der Waals surface area contributed by atoms with Crippen molar-refractivity contribution in [1.29, 1.82) is 0 Å². The number of nitro groups is 1. The van der Waals surface area contributed by atoms with E-state index in [1.54, 1.807) is 19.1 Å². The first kappa shape index (κ1) is 15.4. The van der Waals surface area contributed by atoms with Crippen LogP contribution in [0.25, 0.3) is 0 Å².